The SMILES string of the molecule is Cc1ccc2nc([C@@H]3CCCN(C(=O)c4cnn(C)c4C)C3)[nH]c2c1. The monoisotopic (exact) mass is 337 g/mol. The first-order chi connectivity index (χ1) is 12.0. The van der Waals surface area contributed by atoms with Gasteiger partial charge in [0.05, 0.1) is 22.8 Å². The van der Waals surface area contributed by atoms with Crippen molar-refractivity contribution >= 4 is 16.9 Å². The van der Waals surface area contributed by atoms with Gasteiger partial charge in [0.15, 0.2) is 0 Å². The maximum absolute atomic E-state index is 12.9. The zero-order valence-corrected chi connectivity index (χ0v) is 14.9. The van der Waals surface area contributed by atoms with E-state index in [2.05, 4.69) is 35.2 Å². The van der Waals surface area contributed by atoms with Gasteiger partial charge in [-0.1, -0.05) is 6.07 Å². The molecule has 1 N–H and O–H groups in total. The lowest BCUT2D eigenvalue weighted by atomic mass is 9.97. The molecule has 6 nitrogen and oxygen atoms in total. The molecule has 0 spiro atoms. The minimum absolute atomic E-state index is 0.0715. The molecule has 1 aliphatic heterocycles. The van der Waals surface area contributed by atoms with Crippen molar-refractivity contribution in [2.24, 2.45) is 7.05 Å². The molecule has 0 saturated carbocycles. The number of benzene rings is 1. The molecule has 1 atom stereocenters. The molecule has 0 radical (unpaired) electrons. The van der Waals surface area contributed by atoms with Gasteiger partial charge in [-0.2, -0.15) is 5.10 Å². The first-order valence-electron chi connectivity index (χ1n) is 8.77. The van der Waals surface area contributed by atoms with Crippen LogP contribution in [0.5, 0.6) is 0 Å². The quantitative estimate of drug-likeness (QED) is 0.782. The fourth-order valence-corrected chi connectivity index (χ4v) is 3.60. The lowest BCUT2D eigenvalue weighted by Gasteiger charge is -2.31. The van der Waals surface area contributed by atoms with Crippen LogP contribution < -0.4 is 0 Å². The van der Waals surface area contributed by atoms with E-state index in [0.29, 0.717) is 12.1 Å². The molecule has 3 heterocycles. The van der Waals surface area contributed by atoms with Crippen LogP contribution in [0.2, 0.25) is 0 Å². The summed E-state index contributed by atoms with van der Waals surface area (Å²) in [6, 6.07) is 6.25. The minimum Gasteiger partial charge on any atom is -0.342 e. The van der Waals surface area contributed by atoms with Crippen molar-refractivity contribution in [3.05, 3.63) is 47.0 Å². The summed E-state index contributed by atoms with van der Waals surface area (Å²) in [7, 11) is 1.86. The van der Waals surface area contributed by atoms with Crippen LogP contribution in [0.1, 0.15) is 46.2 Å². The Morgan fingerprint density at radius 3 is 2.92 bits per heavy atom. The van der Waals surface area contributed by atoms with E-state index in [9.17, 15) is 4.79 Å². The molecule has 3 aromatic rings. The Kier molecular flexibility index (Phi) is 3.82. The van der Waals surface area contributed by atoms with E-state index in [1.165, 1.54) is 5.56 Å². The zero-order chi connectivity index (χ0) is 17.6. The van der Waals surface area contributed by atoms with Crippen molar-refractivity contribution in [1.29, 1.82) is 0 Å². The van der Waals surface area contributed by atoms with Gasteiger partial charge in [-0.3, -0.25) is 9.48 Å². The number of piperidine rings is 1. The predicted molar refractivity (Wildman–Crippen MR) is 96.7 cm³/mol. The Morgan fingerprint density at radius 1 is 1.32 bits per heavy atom. The number of amides is 1. The average molecular weight is 337 g/mol. The van der Waals surface area contributed by atoms with E-state index in [-0.39, 0.29) is 11.8 Å². The normalized spacial score (nSPS) is 18.0. The average Bonchev–Trinajstić information content (AvgIpc) is 3.18. The molecule has 1 saturated heterocycles. The van der Waals surface area contributed by atoms with Crippen molar-refractivity contribution in [1.82, 2.24) is 24.6 Å². The third kappa shape index (κ3) is 2.81. The maximum atomic E-state index is 12.9. The molecule has 4 rings (SSSR count). The van der Waals surface area contributed by atoms with Crippen molar-refractivity contribution in [3.8, 4) is 0 Å². The number of nitrogens with zero attached hydrogens (tertiary/aromatic N) is 4. The summed E-state index contributed by atoms with van der Waals surface area (Å²) >= 11 is 0. The summed E-state index contributed by atoms with van der Waals surface area (Å²) < 4.78 is 1.75. The summed E-state index contributed by atoms with van der Waals surface area (Å²) in [6.45, 7) is 5.51. The molecular weight excluding hydrogens is 314 g/mol. The summed E-state index contributed by atoms with van der Waals surface area (Å²) in [5.74, 6) is 1.31. The fourth-order valence-electron chi connectivity index (χ4n) is 3.60. The molecule has 1 aliphatic rings. The van der Waals surface area contributed by atoms with Gasteiger partial charge in [0, 0.05) is 31.7 Å². The number of carbonyl (C=O) groups is 1. The number of carbonyl (C=O) groups excluding carboxylic acids is 1. The summed E-state index contributed by atoms with van der Waals surface area (Å²) in [5.41, 5.74) is 4.89. The van der Waals surface area contributed by atoms with Crippen LogP contribution in [0.3, 0.4) is 0 Å². The number of imidazole rings is 1. The Balaban J connectivity index is 1.57. The smallest absolute Gasteiger partial charge is 0.257 e. The maximum Gasteiger partial charge on any atom is 0.257 e. The summed E-state index contributed by atoms with van der Waals surface area (Å²) in [6.07, 6.45) is 3.71. The second-order valence-electron chi connectivity index (χ2n) is 7.00. The number of hydrogen-bond donors (Lipinski definition) is 1. The highest BCUT2D eigenvalue weighted by Gasteiger charge is 2.28. The van der Waals surface area contributed by atoms with Crippen LogP contribution in [0.4, 0.5) is 0 Å². The van der Waals surface area contributed by atoms with Crippen molar-refractivity contribution in [2.75, 3.05) is 13.1 Å². The largest absolute Gasteiger partial charge is 0.342 e. The number of H-pyrrole nitrogens is 1. The number of aryl methyl sites for hydroxylation is 2. The summed E-state index contributed by atoms with van der Waals surface area (Å²) in [5, 5.41) is 4.20. The van der Waals surface area contributed by atoms with Gasteiger partial charge in [0.25, 0.3) is 5.91 Å². The molecule has 130 valence electrons. The Hall–Kier alpha value is -2.63. The van der Waals surface area contributed by atoms with Gasteiger partial charge < -0.3 is 9.88 Å². The Morgan fingerprint density at radius 2 is 2.16 bits per heavy atom. The molecule has 6 heteroatoms. The highest BCUT2D eigenvalue weighted by Crippen LogP contribution is 2.28. The zero-order valence-electron chi connectivity index (χ0n) is 14.9. The number of aromatic amines is 1. The minimum atomic E-state index is 0.0715. The van der Waals surface area contributed by atoms with Crippen LogP contribution in [0, 0.1) is 13.8 Å². The van der Waals surface area contributed by atoms with Crippen molar-refractivity contribution < 1.29 is 4.79 Å². The van der Waals surface area contributed by atoms with Gasteiger partial charge in [-0.25, -0.2) is 4.98 Å². The molecule has 25 heavy (non-hydrogen) atoms. The molecular formula is C19H23N5O. The predicted octanol–water partition coefficient (Wildman–Crippen LogP) is 2.93. The first kappa shape index (κ1) is 15.9. The van der Waals surface area contributed by atoms with Gasteiger partial charge in [-0.05, 0) is 44.4 Å². The van der Waals surface area contributed by atoms with Gasteiger partial charge in [0.1, 0.15) is 5.82 Å². The lowest BCUT2D eigenvalue weighted by molar-refractivity contribution is 0.0704. The van der Waals surface area contributed by atoms with Crippen LogP contribution in [-0.4, -0.2) is 43.6 Å². The second-order valence-corrected chi connectivity index (χ2v) is 7.00. The van der Waals surface area contributed by atoms with Crippen LogP contribution in [0.15, 0.2) is 24.4 Å². The van der Waals surface area contributed by atoms with Crippen LogP contribution in [-0.2, 0) is 7.05 Å². The van der Waals surface area contributed by atoms with E-state index in [1.54, 1.807) is 10.9 Å². The molecule has 1 fully saturated rings. The van der Waals surface area contributed by atoms with Gasteiger partial charge in [0.2, 0.25) is 0 Å². The van der Waals surface area contributed by atoms with Crippen molar-refractivity contribution in [3.63, 3.8) is 0 Å². The van der Waals surface area contributed by atoms with E-state index in [1.807, 2.05) is 18.9 Å². The van der Waals surface area contributed by atoms with Crippen LogP contribution >= 0.6 is 0 Å². The number of likely N-dealkylation sites (tertiary alicyclic amines) is 1. The summed E-state index contributed by atoms with van der Waals surface area (Å²) in [4.78, 5) is 23.0. The standard InChI is InChI=1S/C19H23N5O/c1-12-6-7-16-17(9-12)22-18(21-16)14-5-4-8-24(11-14)19(25)15-10-20-23(3)13(15)2/h6-7,9-10,14H,4-5,8,11H2,1-3H3,(H,21,22)/t14-/m1/s1. The molecule has 1 amide bonds. The Labute approximate surface area is 146 Å². The van der Waals surface area contributed by atoms with E-state index < -0.39 is 0 Å². The molecule has 0 bridgehead atoms. The Bertz CT molecular complexity index is 939. The van der Waals surface area contributed by atoms with Gasteiger partial charge in [-0.15, -0.1) is 0 Å². The first-order valence-corrected chi connectivity index (χ1v) is 8.77. The lowest BCUT2D eigenvalue weighted by Crippen LogP contribution is -2.39. The fraction of sp³-hybridized carbons (Fsp3) is 0.421. The molecule has 0 aliphatic carbocycles. The third-order valence-electron chi connectivity index (χ3n) is 5.22. The second kappa shape index (κ2) is 6.02. The van der Waals surface area contributed by atoms with E-state index in [0.717, 1.165) is 41.9 Å². The molecule has 2 aromatic heterocycles. The number of fused-ring (bicyclic) bond motifs is 1. The van der Waals surface area contributed by atoms with E-state index >= 15 is 0 Å². The third-order valence-corrected chi connectivity index (χ3v) is 5.22. The van der Waals surface area contributed by atoms with Crippen LogP contribution in [0.25, 0.3) is 11.0 Å². The number of nitrogens with one attached hydrogen (secondary N) is 1. The number of hydrogen-bond acceptors (Lipinski definition) is 3. The molecule has 0 unspecified atom stereocenters. The molecule has 1 aromatic carbocycles. The highest BCUT2D eigenvalue weighted by molar-refractivity contribution is 5.95. The number of aromatic nitrogens is 4. The highest BCUT2D eigenvalue weighted by atomic mass is 16.2. The van der Waals surface area contributed by atoms with E-state index in [4.69, 9.17) is 4.98 Å². The number of rotatable bonds is 2. The van der Waals surface area contributed by atoms with Gasteiger partial charge >= 0.3 is 0 Å². The van der Waals surface area contributed by atoms with Crippen molar-refractivity contribution in [2.45, 2.75) is 32.6 Å². The topological polar surface area (TPSA) is 66.8 Å².